The summed E-state index contributed by atoms with van der Waals surface area (Å²) in [6.45, 7) is 4.61. The summed E-state index contributed by atoms with van der Waals surface area (Å²) < 4.78 is 5.18. The van der Waals surface area contributed by atoms with Crippen LogP contribution in [-0.4, -0.2) is 42.7 Å². The van der Waals surface area contributed by atoms with Crippen molar-refractivity contribution in [2.75, 3.05) is 26.7 Å². The SMILES string of the molecule is COC(=O)[C@@]1(c2ccc(C)cc2)C[C@H]1CN1CCC(O)(c2ccccc2)CC1. The van der Waals surface area contributed by atoms with Crippen LogP contribution >= 0.6 is 0 Å². The number of hydrogen-bond donors (Lipinski definition) is 1. The molecule has 2 atom stereocenters. The summed E-state index contributed by atoms with van der Waals surface area (Å²) in [5.74, 6) is 0.143. The highest BCUT2D eigenvalue weighted by atomic mass is 16.5. The molecule has 1 N–H and O–H groups in total. The van der Waals surface area contributed by atoms with E-state index < -0.39 is 11.0 Å². The summed E-state index contributed by atoms with van der Waals surface area (Å²) >= 11 is 0. The summed E-state index contributed by atoms with van der Waals surface area (Å²) in [5, 5.41) is 11.0. The maximum Gasteiger partial charge on any atom is 0.316 e. The highest BCUT2D eigenvalue weighted by molar-refractivity contribution is 5.87. The van der Waals surface area contributed by atoms with E-state index in [0.717, 1.165) is 50.0 Å². The molecule has 0 aromatic heterocycles. The highest BCUT2D eigenvalue weighted by Gasteiger charge is 2.62. The molecule has 148 valence electrons. The van der Waals surface area contributed by atoms with Crippen LogP contribution in [0.4, 0.5) is 0 Å². The lowest BCUT2D eigenvalue weighted by Crippen LogP contribution is -2.44. The van der Waals surface area contributed by atoms with Gasteiger partial charge in [0.1, 0.15) is 0 Å². The second-order valence-corrected chi connectivity index (χ2v) is 8.43. The molecule has 0 unspecified atom stereocenters. The van der Waals surface area contributed by atoms with Crippen LogP contribution in [0.25, 0.3) is 0 Å². The first-order chi connectivity index (χ1) is 13.5. The zero-order chi connectivity index (χ0) is 19.8. The van der Waals surface area contributed by atoms with Gasteiger partial charge in [-0.3, -0.25) is 4.79 Å². The second kappa shape index (κ2) is 7.34. The topological polar surface area (TPSA) is 49.8 Å². The fourth-order valence-electron chi connectivity index (χ4n) is 4.76. The monoisotopic (exact) mass is 379 g/mol. The molecule has 1 aliphatic heterocycles. The van der Waals surface area contributed by atoms with Gasteiger partial charge in [0, 0.05) is 19.6 Å². The van der Waals surface area contributed by atoms with Crippen LogP contribution in [0.15, 0.2) is 54.6 Å². The molecule has 0 bridgehead atoms. The van der Waals surface area contributed by atoms with Crippen molar-refractivity contribution < 1.29 is 14.6 Å². The number of rotatable bonds is 5. The predicted molar refractivity (Wildman–Crippen MR) is 109 cm³/mol. The van der Waals surface area contributed by atoms with E-state index in [0.29, 0.717) is 0 Å². The number of benzene rings is 2. The van der Waals surface area contributed by atoms with E-state index in [1.807, 2.05) is 30.3 Å². The molecule has 2 aromatic rings. The quantitative estimate of drug-likeness (QED) is 0.809. The van der Waals surface area contributed by atoms with E-state index in [9.17, 15) is 9.90 Å². The lowest BCUT2D eigenvalue weighted by molar-refractivity contribution is -0.144. The largest absolute Gasteiger partial charge is 0.468 e. The van der Waals surface area contributed by atoms with Gasteiger partial charge in [0.2, 0.25) is 0 Å². The Kier molecular flexibility index (Phi) is 5.02. The first-order valence-corrected chi connectivity index (χ1v) is 10.1. The molecule has 28 heavy (non-hydrogen) atoms. The van der Waals surface area contributed by atoms with E-state index in [2.05, 4.69) is 36.1 Å². The molecule has 2 fully saturated rings. The maximum atomic E-state index is 12.6. The minimum atomic E-state index is -0.738. The van der Waals surface area contributed by atoms with Crippen molar-refractivity contribution in [3.05, 3.63) is 71.3 Å². The minimum Gasteiger partial charge on any atom is -0.468 e. The fraction of sp³-hybridized carbons (Fsp3) is 0.458. The van der Waals surface area contributed by atoms with Gasteiger partial charge < -0.3 is 14.7 Å². The van der Waals surface area contributed by atoms with Gasteiger partial charge in [0.25, 0.3) is 0 Å². The van der Waals surface area contributed by atoms with Crippen LogP contribution in [-0.2, 0) is 20.5 Å². The normalized spacial score (nSPS) is 26.6. The summed E-state index contributed by atoms with van der Waals surface area (Å²) in [4.78, 5) is 15.0. The number of carbonyl (C=O) groups is 1. The Hall–Kier alpha value is -2.17. The van der Waals surface area contributed by atoms with Gasteiger partial charge in [-0.05, 0) is 43.2 Å². The molecule has 2 aliphatic rings. The third-order valence-corrected chi connectivity index (χ3v) is 6.69. The van der Waals surface area contributed by atoms with Gasteiger partial charge in [-0.15, -0.1) is 0 Å². The number of likely N-dealkylation sites (tertiary alicyclic amines) is 1. The van der Waals surface area contributed by atoms with E-state index in [4.69, 9.17) is 4.74 Å². The molecule has 1 saturated heterocycles. The van der Waals surface area contributed by atoms with Gasteiger partial charge in [-0.25, -0.2) is 0 Å². The van der Waals surface area contributed by atoms with Crippen molar-refractivity contribution in [2.24, 2.45) is 5.92 Å². The number of aryl methyl sites for hydroxylation is 1. The van der Waals surface area contributed by atoms with Crippen molar-refractivity contribution in [2.45, 2.75) is 37.2 Å². The number of carbonyl (C=O) groups excluding carboxylic acids is 1. The molecule has 2 aromatic carbocycles. The van der Waals surface area contributed by atoms with E-state index in [1.165, 1.54) is 12.7 Å². The first-order valence-electron chi connectivity index (χ1n) is 10.1. The molecule has 0 amide bonds. The average Bonchev–Trinajstić information content (AvgIpc) is 3.45. The Balaban J connectivity index is 1.43. The summed E-state index contributed by atoms with van der Waals surface area (Å²) in [6.07, 6.45) is 2.28. The Morgan fingerprint density at radius 2 is 1.71 bits per heavy atom. The lowest BCUT2D eigenvalue weighted by Gasteiger charge is -2.39. The van der Waals surface area contributed by atoms with Gasteiger partial charge in [-0.1, -0.05) is 60.2 Å². The smallest absolute Gasteiger partial charge is 0.316 e. The van der Waals surface area contributed by atoms with E-state index >= 15 is 0 Å². The van der Waals surface area contributed by atoms with Crippen LogP contribution in [0.5, 0.6) is 0 Å². The van der Waals surface area contributed by atoms with Gasteiger partial charge >= 0.3 is 5.97 Å². The molecule has 4 nitrogen and oxygen atoms in total. The number of esters is 1. The lowest BCUT2D eigenvalue weighted by atomic mass is 9.84. The molecule has 4 heteroatoms. The number of hydrogen-bond acceptors (Lipinski definition) is 4. The third-order valence-electron chi connectivity index (χ3n) is 6.69. The number of aliphatic hydroxyl groups is 1. The van der Waals surface area contributed by atoms with Gasteiger partial charge in [0.05, 0.1) is 18.1 Å². The zero-order valence-corrected chi connectivity index (χ0v) is 16.7. The molecule has 0 radical (unpaired) electrons. The number of nitrogens with zero attached hydrogens (tertiary/aromatic N) is 1. The van der Waals surface area contributed by atoms with Crippen molar-refractivity contribution in [3.63, 3.8) is 0 Å². The Labute approximate surface area is 167 Å². The minimum absolute atomic E-state index is 0.126. The van der Waals surface area contributed by atoms with Crippen molar-refractivity contribution >= 4 is 5.97 Å². The van der Waals surface area contributed by atoms with Crippen LogP contribution in [0.2, 0.25) is 0 Å². The highest BCUT2D eigenvalue weighted by Crippen LogP contribution is 2.55. The van der Waals surface area contributed by atoms with Crippen molar-refractivity contribution in [1.82, 2.24) is 4.90 Å². The van der Waals surface area contributed by atoms with Crippen LogP contribution in [0.3, 0.4) is 0 Å². The molecular weight excluding hydrogens is 350 g/mol. The van der Waals surface area contributed by atoms with Gasteiger partial charge in [0.15, 0.2) is 0 Å². The molecule has 0 spiro atoms. The Bertz CT molecular complexity index is 825. The standard InChI is InChI=1S/C24H29NO3/c1-18-8-10-20(11-9-18)24(22(26)28-2)16-21(24)17-25-14-12-23(27,13-15-25)19-6-4-3-5-7-19/h3-11,21,27H,12-17H2,1-2H3/t21-,24+/m0/s1. The molecule has 1 saturated carbocycles. The second-order valence-electron chi connectivity index (χ2n) is 8.43. The number of piperidine rings is 1. The third kappa shape index (κ3) is 3.36. The Morgan fingerprint density at radius 3 is 2.32 bits per heavy atom. The van der Waals surface area contributed by atoms with E-state index in [1.54, 1.807) is 0 Å². The summed E-state index contributed by atoms with van der Waals surface area (Å²) in [5.41, 5.74) is 2.02. The van der Waals surface area contributed by atoms with Crippen LogP contribution < -0.4 is 0 Å². The molecule has 1 aliphatic carbocycles. The van der Waals surface area contributed by atoms with Gasteiger partial charge in [-0.2, -0.15) is 0 Å². The summed E-state index contributed by atoms with van der Waals surface area (Å²) in [6, 6.07) is 18.2. The Morgan fingerprint density at radius 1 is 1.07 bits per heavy atom. The van der Waals surface area contributed by atoms with E-state index in [-0.39, 0.29) is 11.9 Å². The molecular formula is C24H29NO3. The first kappa shape index (κ1) is 19.2. The van der Waals surface area contributed by atoms with Crippen molar-refractivity contribution in [1.29, 1.82) is 0 Å². The average molecular weight is 380 g/mol. The zero-order valence-electron chi connectivity index (χ0n) is 16.7. The number of ether oxygens (including phenoxy) is 1. The fourth-order valence-corrected chi connectivity index (χ4v) is 4.76. The summed E-state index contributed by atoms with van der Waals surface area (Å²) in [7, 11) is 1.48. The predicted octanol–water partition coefficient (Wildman–Crippen LogP) is 3.41. The van der Waals surface area contributed by atoms with Crippen LogP contribution in [0.1, 0.15) is 36.0 Å². The maximum absolute atomic E-state index is 12.6. The molecule has 1 heterocycles. The molecule has 4 rings (SSSR count). The van der Waals surface area contributed by atoms with Crippen LogP contribution in [0, 0.1) is 12.8 Å². The number of methoxy groups -OCH3 is 1. The van der Waals surface area contributed by atoms with Crippen molar-refractivity contribution in [3.8, 4) is 0 Å².